The highest BCUT2D eigenvalue weighted by molar-refractivity contribution is 6.08. The van der Waals surface area contributed by atoms with E-state index in [0.717, 1.165) is 4.90 Å². The van der Waals surface area contributed by atoms with E-state index >= 15 is 0 Å². The van der Waals surface area contributed by atoms with Crippen LogP contribution in [-0.4, -0.2) is 101 Å². The fourth-order valence-electron chi connectivity index (χ4n) is 3.73. The molecule has 12 nitrogen and oxygen atoms in total. The standard InChI is InChI=1S/C22H34FN3O9.C2H6/c1-11-18(21(33)24-5-15(30)8-27)12(2)20(26(14(4)29)7-17(32)9-28)13(3)19(11)22(34)25-6-16(31)10-35-23;1-2/h15-17,27-28,30-32H,5-10H2,1-4H3,(H,24,33)(H,25,34);1-2H3. The Kier molecular flexibility index (Phi) is 15.7. The molecule has 0 aliphatic carbocycles. The first-order valence-electron chi connectivity index (χ1n) is 11.9. The SMILES string of the molecule is CC.CC(=O)N(CC(O)CO)c1c(C)c(C(=O)NCC(O)CO)c(C)c(C(=O)NCC(O)COF)c1C. The Morgan fingerprint density at radius 1 is 0.838 bits per heavy atom. The Balaban J connectivity index is 0.00000631. The minimum absolute atomic E-state index is 0.00318. The lowest BCUT2D eigenvalue weighted by molar-refractivity contribution is -0.156. The number of halogens is 1. The molecule has 0 radical (unpaired) electrons. The number of amides is 3. The molecule has 0 saturated heterocycles. The second kappa shape index (κ2) is 16.9. The van der Waals surface area contributed by atoms with Crippen molar-refractivity contribution in [3.63, 3.8) is 0 Å². The number of anilines is 1. The molecule has 7 N–H and O–H groups in total. The molecule has 1 rings (SSSR count). The van der Waals surface area contributed by atoms with E-state index in [2.05, 4.69) is 15.6 Å². The average molecular weight is 534 g/mol. The number of nitrogens with one attached hydrogen (secondary N) is 2. The molecular weight excluding hydrogens is 493 g/mol. The van der Waals surface area contributed by atoms with Gasteiger partial charge in [0.05, 0.1) is 43.8 Å². The molecular formula is C24H40FN3O9. The summed E-state index contributed by atoms with van der Waals surface area (Å²) in [5, 5.41) is 52.4. The fourth-order valence-corrected chi connectivity index (χ4v) is 3.73. The molecule has 3 unspecified atom stereocenters. The first kappa shape index (κ1) is 34.3. The van der Waals surface area contributed by atoms with Crippen LogP contribution in [0.5, 0.6) is 0 Å². The smallest absolute Gasteiger partial charge is 0.252 e. The normalized spacial score (nSPS) is 13.1. The highest BCUT2D eigenvalue weighted by atomic mass is 19.3. The maximum Gasteiger partial charge on any atom is 0.252 e. The highest BCUT2D eigenvalue weighted by Crippen LogP contribution is 2.34. The zero-order valence-electron chi connectivity index (χ0n) is 22.2. The van der Waals surface area contributed by atoms with E-state index in [1.807, 2.05) is 13.8 Å². The molecule has 212 valence electrons. The highest BCUT2D eigenvalue weighted by Gasteiger charge is 2.30. The number of carbonyl (C=O) groups excluding carboxylic acids is 3. The molecule has 1 aromatic carbocycles. The molecule has 0 saturated carbocycles. The number of carbonyl (C=O) groups is 3. The van der Waals surface area contributed by atoms with Gasteiger partial charge in [0.2, 0.25) is 5.91 Å². The maximum atomic E-state index is 13.1. The minimum Gasteiger partial charge on any atom is -0.394 e. The summed E-state index contributed by atoms with van der Waals surface area (Å²) in [5.41, 5.74) is 0.954. The van der Waals surface area contributed by atoms with Crippen molar-refractivity contribution >= 4 is 23.4 Å². The second-order valence-corrected chi connectivity index (χ2v) is 8.13. The number of hydrogen-bond donors (Lipinski definition) is 7. The van der Waals surface area contributed by atoms with Gasteiger partial charge in [0.25, 0.3) is 11.8 Å². The van der Waals surface area contributed by atoms with Crippen LogP contribution in [0.1, 0.15) is 58.2 Å². The quantitative estimate of drug-likeness (QED) is 0.174. The Hall–Kier alpha value is -2.68. The van der Waals surface area contributed by atoms with Gasteiger partial charge in [-0.2, -0.15) is 4.94 Å². The van der Waals surface area contributed by atoms with Crippen molar-refractivity contribution in [1.29, 1.82) is 0 Å². The summed E-state index contributed by atoms with van der Waals surface area (Å²) >= 11 is 0. The van der Waals surface area contributed by atoms with E-state index in [0.29, 0.717) is 5.56 Å². The first-order chi connectivity index (χ1) is 17.4. The number of hydrogen-bond acceptors (Lipinski definition) is 9. The Bertz CT molecular complexity index is 914. The van der Waals surface area contributed by atoms with Gasteiger partial charge in [-0.3, -0.25) is 14.4 Å². The van der Waals surface area contributed by atoms with Crippen LogP contribution >= 0.6 is 0 Å². The van der Waals surface area contributed by atoms with Gasteiger partial charge < -0.3 is 41.1 Å². The summed E-state index contributed by atoms with van der Waals surface area (Å²) in [6, 6.07) is 0. The van der Waals surface area contributed by atoms with Gasteiger partial charge in [0, 0.05) is 31.1 Å². The van der Waals surface area contributed by atoms with Crippen molar-refractivity contribution in [2.24, 2.45) is 0 Å². The van der Waals surface area contributed by atoms with Gasteiger partial charge in [-0.1, -0.05) is 13.8 Å². The molecule has 37 heavy (non-hydrogen) atoms. The number of aliphatic hydroxyl groups is 5. The molecule has 0 spiro atoms. The summed E-state index contributed by atoms with van der Waals surface area (Å²) in [5.74, 6) is -1.95. The number of aliphatic hydroxyl groups excluding tert-OH is 5. The third-order valence-corrected chi connectivity index (χ3v) is 5.38. The van der Waals surface area contributed by atoms with E-state index < -0.39 is 55.9 Å². The molecule has 13 heteroatoms. The van der Waals surface area contributed by atoms with Crippen molar-refractivity contribution in [1.82, 2.24) is 10.6 Å². The van der Waals surface area contributed by atoms with Gasteiger partial charge in [0.1, 0.15) is 6.61 Å². The molecule has 0 aliphatic rings. The van der Waals surface area contributed by atoms with Crippen molar-refractivity contribution in [3.8, 4) is 0 Å². The van der Waals surface area contributed by atoms with Crippen LogP contribution in [0.3, 0.4) is 0 Å². The van der Waals surface area contributed by atoms with Crippen LogP contribution < -0.4 is 15.5 Å². The lowest BCUT2D eigenvalue weighted by Crippen LogP contribution is -2.40. The largest absolute Gasteiger partial charge is 0.394 e. The van der Waals surface area contributed by atoms with E-state index in [1.165, 1.54) is 27.7 Å². The van der Waals surface area contributed by atoms with Crippen molar-refractivity contribution in [2.75, 3.05) is 44.4 Å². The minimum atomic E-state index is -1.34. The number of rotatable bonds is 13. The lowest BCUT2D eigenvalue weighted by atomic mass is 9.89. The fraction of sp³-hybridized carbons (Fsp3) is 0.625. The van der Waals surface area contributed by atoms with E-state index in [9.17, 15) is 39.3 Å². The zero-order valence-corrected chi connectivity index (χ0v) is 22.2. The predicted molar refractivity (Wildman–Crippen MR) is 134 cm³/mol. The van der Waals surface area contributed by atoms with Crippen LogP contribution in [0.25, 0.3) is 0 Å². The van der Waals surface area contributed by atoms with Gasteiger partial charge in [-0.15, -0.1) is 0 Å². The molecule has 3 atom stereocenters. The first-order valence-corrected chi connectivity index (χ1v) is 11.9. The Labute approximate surface area is 216 Å². The number of nitrogens with zero attached hydrogens (tertiary/aromatic N) is 1. The zero-order chi connectivity index (χ0) is 28.9. The summed E-state index contributed by atoms with van der Waals surface area (Å²) in [7, 11) is 0. The molecule has 0 aliphatic heterocycles. The van der Waals surface area contributed by atoms with E-state index in [4.69, 9.17) is 5.11 Å². The van der Waals surface area contributed by atoms with Crippen LogP contribution in [0, 0.1) is 20.8 Å². The molecule has 0 bridgehead atoms. The molecule has 1 aromatic rings. The molecule has 0 fully saturated rings. The average Bonchev–Trinajstić information content (AvgIpc) is 2.86. The van der Waals surface area contributed by atoms with Crippen LogP contribution in [0.4, 0.5) is 10.2 Å². The van der Waals surface area contributed by atoms with Gasteiger partial charge in [-0.25, -0.2) is 0 Å². The van der Waals surface area contributed by atoms with Gasteiger partial charge >= 0.3 is 0 Å². The monoisotopic (exact) mass is 533 g/mol. The Morgan fingerprint density at radius 2 is 1.27 bits per heavy atom. The lowest BCUT2D eigenvalue weighted by Gasteiger charge is -2.30. The second-order valence-electron chi connectivity index (χ2n) is 8.13. The van der Waals surface area contributed by atoms with Crippen LogP contribution in [-0.2, 0) is 9.74 Å². The third kappa shape index (κ3) is 9.61. The van der Waals surface area contributed by atoms with Gasteiger partial charge in [-0.05, 0) is 42.0 Å². The maximum absolute atomic E-state index is 13.1. The summed E-state index contributed by atoms with van der Waals surface area (Å²) < 4.78 is 12.0. The van der Waals surface area contributed by atoms with Crippen LogP contribution in [0.2, 0.25) is 0 Å². The van der Waals surface area contributed by atoms with E-state index in [1.54, 1.807) is 0 Å². The van der Waals surface area contributed by atoms with Crippen LogP contribution in [0.15, 0.2) is 0 Å². The molecule has 3 amide bonds. The van der Waals surface area contributed by atoms with Gasteiger partial charge in [0.15, 0.2) is 0 Å². The third-order valence-electron chi connectivity index (χ3n) is 5.38. The Morgan fingerprint density at radius 3 is 1.65 bits per heavy atom. The molecule has 0 aromatic heterocycles. The molecule has 0 heterocycles. The van der Waals surface area contributed by atoms with Crippen molar-refractivity contribution in [2.45, 2.75) is 59.9 Å². The van der Waals surface area contributed by atoms with Crippen molar-refractivity contribution < 1.29 is 49.4 Å². The summed E-state index contributed by atoms with van der Waals surface area (Å²) in [6.07, 6.45) is -3.87. The topological polar surface area (TPSA) is 189 Å². The predicted octanol–water partition coefficient (Wildman–Crippen LogP) is -0.581. The van der Waals surface area contributed by atoms with Crippen molar-refractivity contribution in [3.05, 3.63) is 27.8 Å². The van der Waals surface area contributed by atoms with E-state index in [-0.39, 0.29) is 47.6 Å². The summed E-state index contributed by atoms with van der Waals surface area (Å²) in [6.45, 7) is 6.91. The number of benzene rings is 1. The summed E-state index contributed by atoms with van der Waals surface area (Å²) in [4.78, 5) is 43.1.